The summed E-state index contributed by atoms with van der Waals surface area (Å²) in [6.07, 6.45) is 11.1. The molecule has 110 valence electrons. The lowest BCUT2D eigenvalue weighted by molar-refractivity contribution is -0.133. The van der Waals surface area contributed by atoms with E-state index < -0.39 is 5.97 Å². The predicted molar refractivity (Wildman–Crippen MR) is 78.2 cm³/mol. The molecule has 0 saturated carbocycles. The van der Waals surface area contributed by atoms with Gasteiger partial charge in [0.05, 0.1) is 0 Å². The van der Waals surface area contributed by atoms with E-state index in [1.54, 1.807) is 0 Å². The molecule has 0 heterocycles. The highest BCUT2D eigenvalue weighted by Gasteiger charge is 2.09. The molecular formula is C16H28O3. The number of carbonyl (C=O) groups excluding carboxylic acids is 1. The molecule has 0 atom stereocenters. The molecule has 1 N–H and O–H groups in total. The van der Waals surface area contributed by atoms with Crippen molar-refractivity contribution < 1.29 is 14.7 Å². The SMILES string of the molecule is CCCCCCCCCC(=CC(=O)CCC)C(=O)O. The van der Waals surface area contributed by atoms with Gasteiger partial charge in [-0.1, -0.05) is 52.4 Å². The molecule has 0 amide bonds. The minimum Gasteiger partial charge on any atom is -0.478 e. The molecule has 19 heavy (non-hydrogen) atoms. The van der Waals surface area contributed by atoms with Crippen LogP contribution in [0.25, 0.3) is 0 Å². The fraction of sp³-hybridized carbons (Fsp3) is 0.750. The number of ketones is 1. The van der Waals surface area contributed by atoms with Crippen molar-refractivity contribution in [2.75, 3.05) is 0 Å². The number of carboxylic acids is 1. The average Bonchev–Trinajstić information content (AvgIpc) is 2.36. The Bertz CT molecular complexity index is 292. The van der Waals surface area contributed by atoms with Crippen molar-refractivity contribution in [3.63, 3.8) is 0 Å². The molecule has 0 aromatic carbocycles. The molecular weight excluding hydrogens is 240 g/mol. The van der Waals surface area contributed by atoms with Crippen LogP contribution in [0.15, 0.2) is 11.6 Å². The Labute approximate surface area is 117 Å². The second-order valence-corrected chi connectivity index (χ2v) is 5.06. The molecule has 0 aliphatic rings. The standard InChI is InChI=1S/C16H28O3/c1-3-5-6-7-8-9-10-12-14(16(18)19)13-15(17)11-4-2/h13H,3-12H2,1-2H3,(H,18,19). The van der Waals surface area contributed by atoms with E-state index in [4.69, 9.17) is 5.11 Å². The van der Waals surface area contributed by atoms with E-state index in [2.05, 4.69) is 6.92 Å². The highest BCUT2D eigenvalue weighted by atomic mass is 16.4. The highest BCUT2D eigenvalue weighted by Crippen LogP contribution is 2.13. The quantitative estimate of drug-likeness (QED) is 0.418. The minimum absolute atomic E-state index is 0.0668. The van der Waals surface area contributed by atoms with Gasteiger partial charge in [0.1, 0.15) is 0 Å². The molecule has 0 aliphatic heterocycles. The van der Waals surface area contributed by atoms with Gasteiger partial charge in [0.2, 0.25) is 0 Å². The van der Waals surface area contributed by atoms with Crippen LogP contribution in [0.1, 0.15) is 78.1 Å². The molecule has 3 heteroatoms. The number of hydrogen-bond acceptors (Lipinski definition) is 2. The Kier molecular flexibility index (Phi) is 11.2. The van der Waals surface area contributed by atoms with Crippen molar-refractivity contribution in [2.24, 2.45) is 0 Å². The van der Waals surface area contributed by atoms with Gasteiger partial charge in [-0.3, -0.25) is 4.79 Å². The summed E-state index contributed by atoms with van der Waals surface area (Å²) in [5, 5.41) is 9.04. The summed E-state index contributed by atoms with van der Waals surface area (Å²) < 4.78 is 0. The van der Waals surface area contributed by atoms with E-state index in [1.807, 2.05) is 6.92 Å². The zero-order chi connectivity index (χ0) is 14.5. The Balaban J connectivity index is 3.90. The van der Waals surface area contributed by atoms with Gasteiger partial charge in [-0.15, -0.1) is 0 Å². The van der Waals surface area contributed by atoms with Gasteiger partial charge < -0.3 is 5.11 Å². The van der Waals surface area contributed by atoms with E-state index in [0.717, 1.165) is 25.7 Å². The second kappa shape index (κ2) is 11.9. The monoisotopic (exact) mass is 268 g/mol. The normalized spacial score (nSPS) is 11.6. The molecule has 3 nitrogen and oxygen atoms in total. The van der Waals surface area contributed by atoms with Gasteiger partial charge in [-0.25, -0.2) is 4.79 Å². The number of carboxylic acid groups (broad SMARTS) is 1. The molecule has 0 radical (unpaired) electrons. The smallest absolute Gasteiger partial charge is 0.331 e. The number of hydrogen-bond donors (Lipinski definition) is 1. The van der Waals surface area contributed by atoms with Gasteiger partial charge in [0, 0.05) is 12.0 Å². The summed E-state index contributed by atoms with van der Waals surface area (Å²) in [4.78, 5) is 22.4. The number of rotatable bonds is 12. The summed E-state index contributed by atoms with van der Waals surface area (Å²) >= 11 is 0. The molecule has 0 aromatic rings. The minimum atomic E-state index is -0.949. The first-order valence-electron chi connectivity index (χ1n) is 7.58. The van der Waals surface area contributed by atoms with Gasteiger partial charge in [0.15, 0.2) is 5.78 Å². The van der Waals surface area contributed by atoms with Crippen LogP contribution in [0.4, 0.5) is 0 Å². The third kappa shape index (κ3) is 10.5. The molecule has 0 saturated heterocycles. The summed E-state index contributed by atoms with van der Waals surface area (Å²) in [5.41, 5.74) is 0.270. The maximum atomic E-state index is 11.4. The van der Waals surface area contributed by atoms with Crippen LogP contribution < -0.4 is 0 Å². The first-order chi connectivity index (χ1) is 9.11. The van der Waals surface area contributed by atoms with Crippen LogP contribution in [0.3, 0.4) is 0 Å². The highest BCUT2D eigenvalue weighted by molar-refractivity contribution is 5.98. The van der Waals surface area contributed by atoms with Crippen molar-refractivity contribution in [1.82, 2.24) is 0 Å². The topological polar surface area (TPSA) is 54.4 Å². The molecule has 0 bridgehead atoms. The number of carbonyl (C=O) groups is 2. The van der Waals surface area contributed by atoms with Crippen molar-refractivity contribution in [1.29, 1.82) is 0 Å². The summed E-state index contributed by atoms with van der Waals surface area (Å²) in [6, 6.07) is 0. The Hall–Kier alpha value is -1.12. The molecule has 0 unspecified atom stereocenters. The zero-order valence-corrected chi connectivity index (χ0v) is 12.4. The molecule has 0 spiro atoms. The maximum Gasteiger partial charge on any atom is 0.331 e. The van der Waals surface area contributed by atoms with Gasteiger partial charge >= 0.3 is 5.97 Å². The zero-order valence-electron chi connectivity index (χ0n) is 12.4. The van der Waals surface area contributed by atoms with Gasteiger partial charge in [-0.2, -0.15) is 0 Å². The van der Waals surface area contributed by atoms with Crippen molar-refractivity contribution in [2.45, 2.75) is 78.1 Å². The third-order valence-electron chi connectivity index (χ3n) is 3.16. The van der Waals surface area contributed by atoms with Crippen molar-refractivity contribution in [3.05, 3.63) is 11.6 Å². The van der Waals surface area contributed by atoms with E-state index in [-0.39, 0.29) is 11.4 Å². The lowest BCUT2D eigenvalue weighted by Gasteiger charge is -2.03. The Morgan fingerprint density at radius 3 is 1.95 bits per heavy atom. The summed E-state index contributed by atoms with van der Waals surface area (Å²) in [5.74, 6) is -1.02. The molecule has 0 fully saturated rings. The van der Waals surface area contributed by atoms with E-state index in [1.165, 1.54) is 31.8 Å². The summed E-state index contributed by atoms with van der Waals surface area (Å²) in [6.45, 7) is 4.11. The van der Waals surface area contributed by atoms with E-state index >= 15 is 0 Å². The number of allylic oxidation sites excluding steroid dienone is 1. The van der Waals surface area contributed by atoms with Crippen LogP contribution in [-0.4, -0.2) is 16.9 Å². The second-order valence-electron chi connectivity index (χ2n) is 5.06. The first kappa shape index (κ1) is 17.9. The van der Waals surface area contributed by atoms with E-state index in [0.29, 0.717) is 12.8 Å². The molecule has 0 aliphatic carbocycles. The molecule has 0 rings (SSSR count). The Morgan fingerprint density at radius 2 is 1.42 bits per heavy atom. The van der Waals surface area contributed by atoms with Gasteiger partial charge in [0.25, 0.3) is 0 Å². The summed E-state index contributed by atoms with van der Waals surface area (Å²) in [7, 11) is 0. The van der Waals surface area contributed by atoms with Crippen LogP contribution in [0, 0.1) is 0 Å². The number of unbranched alkanes of at least 4 members (excludes halogenated alkanes) is 6. The average molecular weight is 268 g/mol. The largest absolute Gasteiger partial charge is 0.478 e. The Morgan fingerprint density at radius 1 is 0.842 bits per heavy atom. The lowest BCUT2D eigenvalue weighted by Crippen LogP contribution is -2.04. The fourth-order valence-electron chi connectivity index (χ4n) is 2.03. The lowest BCUT2D eigenvalue weighted by atomic mass is 10.0. The van der Waals surface area contributed by atoms with E-state index in [9.17, 15) is 9.59 Å². The fourth-order valence-corrected chi connectivity index (χ4v) is 2.03. The maximum absolute atomic E-state index is 11.4. The van der Waals surface area contributed by atoms with Crippen LogP contribution in [0.5, 0.6) is 0 Å². The predicted octanol–water partition coefficient (Wildman–Crippen LogP) is 4.51. The van der Waals surface area contributed by atoms with Crippen LogP contribution in [-0.2, 0) is 9.59 Å². The van der Waals surface area contributed by atoms with Crippen molar-refractivity contribution in [3.8, 4) is 0 Å². The number of aliphatic carboxylic acids is 1. The first-order valence-corrected chi connectivity index (χ1v) is 7.58. The molecule has 0 aromatic heterocycles. The van der Waals surface area contributed by atoms with Gasteiger partial charge in [-0.05, 0) is 25.3 Å². The van der Waals surface area contributed by atoms with Crippen LogP contribution >= 0.6 is 0 Å². The third-order valence-corrected chi connectivity index (χ3v) is 3.16. The van der Waals surface area contributed by atoms with Crippen molar-refractivity contribution >= 4 is 11.8 Å². The van der Waals surface area contributed by atoms with Crippen LogP contribution in [0.2, 0.25) is 0 Å².